The maximum absolute atomic E-state index is 14.3. The van der Waals surface area contributed by atoms with Crippen molar-refractivity contribution in [2.45, 2.75) is 38.5 Å². The van der Waals surface area contributed by atoms with Gasteiger partial charge in [0.25, 0.3) is 5.91 Å². The molecule has 1 amide bonds. The number of fused-ring (bicyclic) bond motifs is 1. The Bertz CT molecular complexity index is 933. The number of hydrogen-bond donors (Lipinski definition) is 1. The number of halogens is 2. The molecular formula is C20H21F2N3O3. The Labute approximate surface area is 160 Å². The number of aromatic nitrogens is 2. The van der Waals surface area contributed by atoms with Crippen molar-refractivity contribution in [1.82, 2.24) is 14.7 Å². The highest BCUT2D eigenvalue weighted by Crippen LogP contribution is 2.31. The van der Waals surface area contributed by atoms with E-state index in [-0.39, 0.29) is 23.9 Å². The van der Waals surface area contributed by atoms with E-state index in [1.54, 1.807) is 4.90 Å². The van der Waals surface area contributed by atoms with E-state index < -0.39 is 17.6 Å². The Morgan fingerprint density at radius 1 is 1.18 bits per heavy atom. The lowest BCUT2D eigenvalue weighted by Crippen LogP contribution is -2.39. The van der Waals surface area contributed by atoms with E-state index in [1.165, 1.54) is 16.8 Å². The van der Waals surface area contributed by atoms with E-state index in [0.29, 0.717) is 44.5 Å². The van der Waals surface area contributed by atoms with E-state index in [0.717, 1.165) is 23.7 Å². The van der Waals surface area contributed by atoms with Gasteiger partial charge in [-0.1, -0.05) is 6.07 Å². The van der Waals surface area contributed by atoms with Crippen molar-refractivity contribution in [2.75, 3.05) is 13.1 Å². The molecule has 1 aliphatic carbocycles. The Morgan fingerprint density at radius 2 is 1.93 bits per heavy atom. The van der Waals surface area contributed by atoms with Crippen LogP contribution in [0.25, 0.3) is 5.69 Å². The Hall–Kier alpha value is -2.77. The fraction of sp³-hybridized carbons (Fsp3) is 0.450. The summed E-state index contributed by atoms with van der Waals surface area (Å²) in [6, 6.07) is 3.93. The van der Waals surface area contributed by atoms with Crippen molar-refractivity contribution in [3.8, 4) is 5.69 Å². The molecule has 0 bridgehead atoms. The molecule has 28 heavy (non-hydrogen) atoms. The molecule has 8 heteroatoms. The van der Waals surface area contributed by atoms with Gasteiger partial charge in [-0.05, 0) is 50.2 Å². The van der Waals surface area contributed by atoms with Gasteiger partial charge in [0.15, 0.2) is 17.3 Å². The number of carbonyl (C=O) groups excluding carboxylic acids is 1. The molecule has 1 aromatic heterocycles. The van der Waals surface area contributed by atoms with Gasteiger partial charge in [0, 0.05) is 30.8 Å². The Morgan fingerprint density at radius 3 is 2.64 bits per heavy atom. The van der Waals surface area contributed by atoms with E-state index in [4.69, 9.17) is 5.11 Å². The van der Waals surface area contributed by atoms with Gasteiger partial charge in [0.1, 0.15) is 5.69 Å². The molecule has 6 nitrogen and oxygen atoms in total. The van der Waals surface area contributed by atoms with Gasteiger partial charge in [0.2, 0.25) is 0 Å². The number of benzene rings is 1. The number of carbonyl (C=O) groups is 2. The Kier molecular flexibility index (Phi) is 4.87. The molecule has 2 heterocycles. The number of hydrogen-bond acceptors (Lipinski definition) is 3. The van der Waals surface area contributed by atoms with Crippen molar-refractivity contribution < 1.29 is 23.5 Å². The number of amides is 1. The molecule has 148 valence electrons. The maximum Gasteiger partial charge on any atom is 0.303 e. The summed E-state index contributed by atoms with van der Waals surface area (Å²) in [6.07, 6.45) is 3.57. The summed E-state index contributed by atoms with van der Waals surface area (Å²) >= 11 is 0. The van der Waals surface area contributed by atoms with Crippen molar-refractivity contribution in [2.24, 2.45) is 5.92 Å². The highest BCUT2D eigenvalue weighted by Gasteiger charge is 2.32. The average molecular weight is 389 g/mol. The molecular weight excluding hydrogens is 368 g/mol. The van der Waals surface area contributed by atoms with Crippen LogP contribution in [-0.4, -0.2) is 44.8 Å². The van der Waals surface area contributed by atoms with Gasteiger partial charge in [-0.2, -0.15) is 5.10 Å². The molecule has 0 spiro atoms. The molecule has 0 atom stereocenters. The lowest BCUT2D eigenvalue weighted by molar-refractivity contribution is -0.138. The number of piperidine rings is 1. The second-order valence-electron chi connectivity index (χ2n) is 7.45. The van der Waals surface area contributed by atoms with Crippen LogP contribution in [0, 0.1) is 17.6 Å². The number of aliphatic carboxylic acids is 1. The average Bonchev–Trinajstić information content (AvgIpc) is 3.26. The molecule has 1 aliphatic heterocycles. The van der Waals surface area contributed by atoms with Crippen LogP contribution in [0.15, 0.2) is 18.2 Å². The second kappa shape index (κ2) is 7.33. The molecule has 1 aromatic carbocycles. The monoisotopic (exact) mass is 389 g/mol. The third-order valence-corrected chi connectivity index (χ3v) is 5.66. The van der Waals surface area contributed by atoms with Crippen LogP contribution in [0.3, 0.4) is 0 Å². The zero-order valence-electron chi connectivity index (χ0n) is 15.3. The standard InChI is InChI=1S/C20H21F2N3O3/c21-14-4-2-6-16(18(14)22)25-15-5-1-3-13(15)19(23-25)20(28)24-9-7-12(8-10-24)11-17(26)27/h2,4,6,12H,1,3,5,7-11H2,(H,26,27). The molecule has 2 aliphatic rings. The fourth-order valence-corrected chi connectivity index (χ4v) is 4.20. The zero-order valence-corrected chi connectivity index (χ0v) is 15.3. The molecule has 4 rings (SSSR count). The fourth-order valence-electron chi connectivity index (χ4n) is 4.20. The first-order chi connectivity index (χ1) is 13.5. The predicted octanol–water partition coefficient (Wildman–Crippen LogP) is 2.97. The van der Waals surface area contributed by atoms with Crippen molar-refractivity contribution in [1.29, 1.82) is 0 Å². The third kappa shape index (κ3) is 3.27. The summed E-state index contributed by atoms with van der Waals surface area (Å²) in [5.41, 5.74) is 1.88. The summed E-state index contributed by atoms with van der Waals surface area (Å²) in [5, 5.41) is 13.3. The minimum atomic E-state index is -0.979. The number of nitrogens with zero attached hydrogens (tertiary/aromatic N) is 3. The van der Waals surface area contributed by atoms with Gasteiger partial charge < -0.3 is 10.0 Å². The number of rotatable bonds is 4. The van der Waals surface area contributed by atoms with E-state index in [2.05, 4.69) is 5.10 Å². The SMILES string of the molecule is O=C(O)CC1CCN(C(=O)c2nn(-c3cccc(F)c3F)c3c2CCC3)CC1. The third-order valence-electron chi connectivity index (χ3n) is 5.66. The van der Waals surface area contributed by atoms with Crippen LogP contribution in [0.4, 0.5) is 8.78 Å². The van der Waals surface area contributed by atoms with Crippen molar-refractivity contribution >= 4 is 11.9 Å². The summed E-state index contributed by atoms with van der Waals surface area (Å²) in [7, 11) is 0. The maximum atomic E-state index is 14.3. The molecule has 0 unspecified atom stereocenters. The van der Waals surface area contributed by atoms with Crippen LogP contribution < -0.4 is 0 Å². The predicted molar refractivity (Wildman–Crippen MR) is 96.4 cm³/mol. The zero-order chi connectivity index (χ0) is 19.8. The van der Waals surface area contributed by atoms with Crippen LogP contribution >= 0.6 is 0 Å². The van der Waals surface area contributed by atoms with Gasteiger partial charge in [-0.15, -0.1) is 0 Å². The quantitative estimate of drug-likeness (QED) is 0.872. The second-order valence-corrected chi connectivity index (χ2v) is 7.45. The lowest BCUT2D eigenvalue weighted by atomic mass is 9.93. The lowest BCUT2D eigenvalue weighted by Gasteiger charge is -2.31. The van der Waals surface area contributed by atoms with Gasteiger partial charge in [-0.3, -0.25) is 9.59 Å². The van der Waals surface area contributed by atoms with Gasteiger partial charge in [-0.25, -0.2) is 13.5 Å². The first-order valence-corrected chi connectivity index (χ1v) is 9.52. The summed E-state index contributed by atoms with van der Waals surface area (Å²) in [5.74, 6) is -2.89. The largest absolute Gasteiger partial charge is 0.481 e. The summed E-state index contributed by atoms with van der Waals surface area (Å²) in [4.78, 5) is 25.6. The molecule has 1 N–H and O–H groups in total. The number of carboxylic acid groups (broad SMARTS) is 1. The van der Waals surface area contributed by atoms with Crippen molar-refractivity contribution in [3.05, 3.63) is 46.8 Å². The minimum absolute atomic E-state index is 0.0115. The Balaban J connectivity index is 1.60. The highest BCUT2D eigenvalue weighted by molar-refractivity contribution is 5.94. The number of carboxylic acids is 1. The molecule has 2 aromatic rings. The summed E-state index contributed by atoms with van der Waals surface area (Å²) in [6.45, 7) is 0.958. The van der Waals surface area contributed by atoms with E-state index >= 15 is 0 Å². The van der Waals surface area contributed by atoms with E-state index in [9.17, 15) is 18.4 Å². The first kappa shape index (κ1) is 18.6. The minimum Gasteiger partial charge on any atom is -0.481 e. The smallest absolute Gasteiger partial charge is 0.303 e. The van der Waals surface area contributed by atoms with Crippen molar-refractivity contribution in [3.63, 3.8) is 0 Å². The molecule has 1 fully saturated rings. The van der Waals surface area contributed by atoms with Crippen LogP contribution in [-0.2, 0) is 17.6 Å². The summed E-state index contributed by atoms with van der Waals surface area (Å²) < 4.78 is 29.3. The van der Waals surface area contributed by atoms with Crippen LogP contribution in [0.1, 0.15) is 47.4 Å². The van der Waals surface area contributed by atoms with E-state index in [1.807, 2.05) is 0 Å². The number of likely N-dealkylation sites (tertiary alicyclic amines) is 1. The normalized spacial score (nSPS) is 17.0. The topological polar surface area (TPSA) is 75.4 Å². The molecule has 0 radical (unpaired) electrons. The van der Waals surface area contributed by atoms with Gasteiger partial charge >= 0.3 is 5.97 Å². The van der Waals surface area contributed by atoms with Crippen LogP contribution in [0.2, 0.25) is 0 Å². The molecule has 0 saturated carbocycles. The molecule has 1 saturated heterocycles. The van der Waals surface area contributed by atoms with Gasteiger partial charge in [0.05, 0.1) is 0 Å². The van der Waals surface area contributed by atoms with Crippen LogP contribution in [0.5, 0.6) is 0 Å². The highest BCUT2D eigenvalue weighted by atomic mass is 19.2. The first-order valence-electron chi connectivity index (χ1n) is 9.52.